The first kappa shape index (κ1) is 25.5. The fourth-order valence-electron chi connectivity index (χ4n) is 3.50. The van der Waals surface area contributed by atoms with Crippen molar-refractivity contribution >= 4 is 28.8 Å². The highest BCUT2D eigenvalue weighted by molar-refractivity contribution is 6.33. The van der Waals surface area contributed by atoms with E-state index >= 15 is 0 Å². The molecule has 0 bridgehead atoms. The number of unbranched alkanes of at least 4 members (excludes halogenated alkanes) is 2. The normalized spacial score (nSPS) is 10.8. The fraction of sp³-hybridized carbons (Fsp3) is 0.417. The number of hydrogen-bond donors (Lipinski definition) is 1. The van der Waals surface area contributed by atoms with Crippen LogP contribution in [-0.4, -0.2) is 40.2 Å². The highest BCUT2D eigenvalue weighted by Crippen LogP contribution is 2.38. The number of allylic oxidation sites excluding steroid dienone is 1. The average molecular weight is 469 g/mol. The van der Waals surface area contributed by atoms with Gasteiger partial charge in [-0.2, -0.15) is 0 Å². The predicted octanol–water partition coefficient (Wildman–Crippen LogP) is 5.90. The molecule has 170 valence electrons. The lowest BCUT2D eigenvalue weighted by molar-refractivity contribution is 0.181. The van der Waals surface area contributed by atoms with Crippen LogP contribution in [-0.2, 0) is 22.7 Å². The van der Waals surface area contributed by atoms with Crippen LogP contribution >= 0.6 is 23.2 Å². The van der Waals surface area contributed by atoms with Gasteiger partial charge in [-0.15, -0.1) is 0 Å². The number of rotatable bonds is 12. The Hall–Kier alpha value is -1.76. The third kappa shape index (κ3) is 6.61. The average Bonchev–Trinajstić information content (AvgIpc) is 2.74. The first-order valence-electron chi connectivity index (χ1n) is 10.0. The van der Waals surface area contributed by atoms with E-state index in [1.807, 2.05) is 24.3 Å². The molecule has 0 aromatic heterocycles. The van der Waals surface area contributed by atoms with Crippen LogP contribution in [0.5, 0.6) is 11.5 Å². The summed E-state index contributed by atoms with van der Waals surface area (Å²) in [5.41, 5.74) is 4.52. The van der Waals surface area contributed by atoms with E-state index < -0.39 is 0 Å². The maximum atomic E-state index is 9.13. The molecule has 0 saturated heterocycles. The van der Waals surface area contributed by atoms with Crippen LogP contribution in [0.25, 0.3) is 5.57 Å². The van der Waals surface area contributed by atoms with E-state index in [0.717, 1.165) is 47.1 Å². The summed E-state index contributed by atoms with van der Waals surface area (Å²) in [7, 11) is 6.44. The fourth-order valence-corrected chi connectivity index (χ4v) is 4.13. The third-order valence-corrected chi connectivity index (χ3v) is 5.39. The van der Waals surface area contributed by atoms with E-state index in [2.05, 4.69) is 6.08 Å². The number of methoxy groups -OCH3 is 4. The molecule has 0 atom stereocenters. The molecule has 0 heterocycles. The minimum atomic E-state index is 0.169. The first-order chi connectivity index (χ1) is 15.0. The van der Waals surface area contributed by atoms with Gasteiger partial charge in [-0.25, -0.2) is 0 Å². The zero-order valence-electron chi connectivity index (χ0n) is 18.5. The van der Waals surface area contributed by atoms with Crippen molar-refractivity contribution < 1.29 is 24.1 Å². The van der Waals surface area contributed by atoms with Crippen LogP contribution < -0.4 is 9.47 Å². The minimum Gasteiger partial charge on any atom is -0.495 e. The van der Waals surface area contributed by atoms with Crippen molar-refractivity contribution in [3.05, 3.63) is 62.6 Å². The Kier molecular flexibility index (Phi) is 10.6. The molecule has 2 rings (SSSR count). The van der Waals surface area contributed by atoms with Crippen molar-refractivity contribution in [1.82, 2.24) is 0 Å². The smallest absolute Gasteiger partial charge is 0.143 e. The summed E-state index contributed by atoms with van der Waals surface area (Å²) >= 11 is 13.1. The van der Waals surface area contributed by atoms with Gasteiger partial charge in [0.05, 0.1) is 37.5 Å². The van der Waals surface area contributed by atoms with Crippen molar-refractivity contribution in [1.29, 1.82) is 0 Å². The summed E-state index contributed by atoms with van der Waals surface area (Å²) in [5.74, 6) is 1.19. The summed E-state index contributed by atoms with van der Waals surface area (Å²) in [6.45, 7) is 0.904. The maximum Gasteiger partial charge on any atom is 0.143 e. The molecule has 2 aromatic rings. The zero-order chi connectivity index (χ0) is 22.8. The Morgan fingerprint density at radius 3 is 1.68 bits per heavy atom. The van der Waals surface area contributed by atoms with Gasteiger partial charge >= 0.3 is 0 Å². The maximum absolute atomic E-state index is 9.13. The van der Waals surface area contributed by atoms with Crippen molar-refractivity contribution in [2.75, 3.05) is 35.0 Å². The largest absolute Gasteiger partial charge is 0.495 e. The number of ether oxygens (including phenoxy) is 4. The van der Waals surface area contributed by atoms with E-state index in [1.165, 1.54) is 0 Å². The molecule has 0 saturated carbocycles. The number of benzene rings is 2. The van der Waals surface area contributed by atoms with Gasteiger partial charge < -0.3 is 24.1 Å². The van der Waals surface area contributed by atoms with Gasteiger partial charge in [-0.05, 0) is 60.2 Å². The quantitative estimate of drug-likeness (QED) is 0.393. The van der Waals surface area contributed by atoms with Crippen molar-refractivity contribution in [3.63, 3.8) is 0 Å². The molecular weight excluding hydrogens is 439 g/mol. The molecule has 0 aliphatic carbocycles. The Bertz CT molecular complexity index is 831. The molecule has 7 heteroatoms. The van der Waals surface area contributed by atoms with E-state index in [1.54, 1.807) is 28.4 Å². The summed E-state index contributed by atoms with van der Waals surface area (Å²) in [6, 6.07) is 7.79. The van der Waals surface area contributed by atoms with Crippen molar-refractivity contribution in [2.24, 2.45) is 0 Å². The van der Waals surface area contributed by atoms with Gasteiger partial charge in [0.25, 0.3) is 0 Å². The highest BCUT2D eigenvalue weighted by atomic mass is 35.5. The second kappa shape index (κ2) is 12.9. The SMILES string of the molecule is COCc1cc(C(=CCCCCO)c2cc(Cl)c(OC)c(COC)c2)cc(Cl)c1OC. The van der Waals surface area contributed by atoms with E-state index in [-0.39, 0.29) is 6.61 Å². The second-order valence-electron chi connectivity index (χ2n) is 7.00. The van der Waals surface area contributed by atoms with Crippen LogP contribution in [0.1, 0.15) is 41.5 Å². The van der Waals surface area contributed by atoms with Crippen molar-refractivity contribution in [3.8, 4) is 11.5 Å². The number of aliphatic hydroxyl groups is 1. The Morgan fingerprint density at radius 1 is 0.806 bits per heavy atom. The molecule has 31 heavy (non-hydrogen) atoms. The van der Waals surface area contributed by atoms with Gasteiger partial charge in [-0.3, -0.25) is 0 Å². The third-order valence-electron chi connectivity index (χ3n) is 4.83. The summed E-state index contributed by atoms with van der Waals surface area (Å²) in [5, 5.41) is 10.1. The van der Waals surface area contributed by atoms with Crippen LogP contribution in [0.15, 0.2) is 30.3 Å². The molecule has 0 unspecified atom stereocenters. The summed E-state index contributed by atoms with van der Waals surface area (Å²) in [6.07, 6.45) is 4.53. The van der Waals surface area contributed by atoms with Gasteiger partial charge in [0, 0.05) is 32.0 Å². The molecule has 0 amide bonds. The van der Waals surface area contributed by atoms with Gasteiger partial charge in [0.2, 0.25) is 0 Å². The monoisotopic (exact) mass is 468 g/mol. The van der Waals surface area contributed by atoms with Gasteiger partial charge in [-0.1, -0.05) is 29.3 Å². The molecule has 2 aromatic carbocycles. The van der Waals surface area contributed by atoms with Crippen molar-refractivity contribution in [2.45, 2.75) is 32.5 Å². The Labute approximate surface area is 194 Å². The number of halogens is 2. The zero-order valence-corrected chi connectivity index (χ0v) is 20.0. The first-order valence-corrected chi connectivity index (χ1v) is 10.8. The van der Waals surface area contributed by atoms with Gasteiger partial charge in [0.1, 0.15) is 11.5 Å². The van der Waals surface area contributed by atoms with E-state index in [0.29, 0.717) is 34.8 Å². The second-order valence-corrected chi connectivity index (χ2v) is 7.82. The Balaban J connectivity index is 2.65. The van der Waals surface area contributed by atoms with Gasteiger partial charge in [0.15, 0.2) is 0 Å². The standard InChI is InChI=1S/C24H30Cl2O5/c1-28-14-18-10-16(12-21(25)23(18)30-3)20(8-6-5-7-9-27)17-11-19(15-29-2)24(31-4)22(26)13-17/h8,10-13,27H,5-7,9,14-15H2,1-4H3. The highest BCUT2D eigenvalue weighted by Gasteiger charge is 2.17. The summed E-state index contributed by atoms with van der Waals surface area (Å²) in [4.78, 5) is 0. The summed E-state index contributed by atoms with van der Waals surface area (Å²) < 4.78 is 21.6. The molecular formula is C24H30Cl2O5. The Morgan fingerprint density at radius 2 is 1.29 bits per heavy atom. The predicted molar refractivity (Wildman–Crippen MR) is 125 cm³/mol. The van der Waals surface area contributed by atoms with E-state index in [9.17, 15) is 0 Å². The van der Waals surface area contributed by atoms with E-state index in [4.69, 9.17) is 47.3 Å². The van der Waals surface area contributed by atoms with Crippen LogP contribution in [0.2, 0.25) is 10.0 Å². The lowest BCUT2D eigenvalue weighted by Gasteiger charge is -2.17. The number of aliphatic hydroxyl groups excluding tert-OH is 1. The number of hydrogen-bond acceptors (Lipinski definition) is 5. The van der Waals surface area contributed by atoms with Crippen LogP contribution in [0.4, 0.5) is 0 Å². The molecule has 0 fully saturated rings. The molecule has 0 aliphatic heterocycles. The lowest BCUT2D eigenvalue weighted by atomic mass is 9.93. The molecule has 5 nitrogen and oxygen atoms in total. The minimum absolute atomic E-state index is 0.169. The van der Waals surface area contributed by atoms with Crippen LogP contribution in [0, 0.1) is 0 Å². The molecule has 0 aliphatic rings. The van der Waals surface area contributed by atoms with Crippen LogP contribution in [0.3, 0.4) is 0 Å². The molecule has 0 spiro atoms. The molecule has 0 radical (unpaired) electrons. The lowest BCUT2D eigenvalue weighted by Crippen LogP contribution is -2.00. The molecule has 1 N–H and O–H groups in total. The topological polar surface area (TPSA) is 57.2 Å².